The van der Waals surface area contributed by atoms with Crippen molar-refractivity contribution >= 4 is 27.7 Å². The second kappa shape index (κ2) is 9.62. The van der Waals surface area contributed by atoms with Crippen LogP contribution in [0, 0.1) is 17.6 Å². The van der Waals surface area contributed by atoms with Gasteiger partial charge in [-0.2, -0.15) is 0 Å². The van der Waals surface area contributed by atoms with Gasteiger partial charge in [0, 0.05) is 12.3 Å². The molecule has 2 N–H and O–H groups in total. The average molecular weight is 420 g/mol. The van der Waals surface area contributed by atoms with Crippen LogP contribution in [0.5, 0.6) is 0 Å². The molecule has 0 spiro atoms. The highest BCUT2D eigenvalue weighted by Crippen LogP contribution is 2.22. The molecule has 1 atom stereocenters. The third kappa shape index (κ3) is 5.61. The molecule has 0 bridgehead atoms. The summed E-state index contributed by atoms with van der Waals surface area (Å²) in [5.41, 5.74) is -0.919. The Balaban J connectivity index is 3.26. The second-order valence-electron chi connectivity index (χ2n) is 5.55. The van der Waals surface area contributed by atoms with Crippen LogP contribution in [0.4, 0.5) is 8.78 Å². The number of nitrogens with one attached hydrogen (secondary N) is 1. The van der Waals surface area contributed by atoms with E-state index in [9.17, 15) is 23.5 Å². The van der Waals surface area contributed by atoms with Crippen molar-refractivity contribution in [2.45, 2.75) is 26.8 Å². The fourth-order valence-electron chi connectivity index (χ4n) is 1.91. The number of rotatable bonds is 8. The molecular weight excluding hydrogens is 400 g/mol. The van der Waals surface area contributed by atoms with E-state index in [4.69, 9.17) is 4.74 Å². The fraction of sp³-hybridized carbons (Fsp3) is 0.412. The van der Waals surface area contributed by atoms with Gasteiger partial charge in [0.05, 0.1) is 29.3 Å². The SMILES string of the molecule is CCOC(=O)C(=CNC(CO)C(C)C)C(=O)c1cc(Br)c(F)cc1F. The summed E-state index contributed by atoms with van der Waals surface area (Å²) >= 11 is 2.88. The molecular formula is C17H20BrF2NO4. The van der Waals surface area contributed by atoms with E-state index in [1.165, 1.54) is 0 Å². The highest BCUT2D eigenvalue weighted by molar-refractivity contribution is 9.10. The molecule has 5 nitrogen and oxygen atoms in total. The Kier molecular flexibility index (Phi) is 8.18. The molecule has 1 aromatic carbocycles. The van der Waals surface area contributed by atoms with Crippen molar-refractivity contribution in [1.29, 1.82) is 0 Å². The van der Waals surface area contributed by atoms with Gasteiger partial charge in [0.15, 0.2) is 0 Å². The van der Waals surface area contributed by atoms with Crippen molar-refractivity contribution in [2.24, 2.45) is 5.92 Å². The van der Waals surface area contributed by atoms with Crippen molar-refractivity contribution in [1.82, 2.24) is 5.32 Å². The van der Waals surface area contributed by atoms with Crippen LogP contribution in [0.2, 0.25) is 0 Å². The summed E-state index contributed by atoms with van der Waals surface area (Å²) in [7, 11) is 0. The van der Waals surface area contributed by atoms with E-state index in [0.29, 0.717) is 6.07 Å². The molecule has 0 aliphatic heterocycles. The topological polar surface area (TPSA) is 75.6 Å². The molecule has 1 aromatic rings. The zero-order valence-electron chi connectivity index (χ0n) is 14.1. The van der Waals surface area contributed by atoms with E-state index in [0.717, 1.165) is 12.3 Å². The van der Waals surface area contributed by atoms with E-state index < -0.39 is 40.6 Å². The first-order valence-electron chi connectivity index (χ1n) is 7.66. The van der Waals surface area contributed by atoms with Crippen LogP contribution in [-0.4, -0.2) is 36.1 Å². The van der Waals surface area contributed by atoms with Crippen LogP contribution in [0.3, 0.4) is 0 Å². The predicted octanol–water partition coefficient (Wildman–Crippen LogP) is 2.96. The number of aliphatic hydroxyl groups is 1. The zero-order chi connectivity index (χ0) is 19.1. The molecule has 0 saturated heterocycles. The largest absolute Gasteiger partial charge is 0.462 e. The third-order valence-electron chi connectivity index (χ3n) is 3.44. The third-order valence-corrected chi connectivity index (χ3v) is 4.05. The van der Waals surface area contributed by atoms with Gasteiger partial charge in [-0.05, 0) is 34.8 Å². The van der Waals surface area contributed by atoms with Crippen LogP contribution in [0.15, 0.2) is 28.4 Å². The van der Waals surface area contributed by atoms with Gasteiger partial charge < -0.3 is 15.2 Å². The molecule has 0 radical (unpaired) electrons. The minimum absolute atomic E-state index is 0.0106. The number of ether oxygens (including phenoxy) is 1. The van der Waals surface area contributed by atoms with E-state index in [2.05, 4.69) is 21.2 Å². The van der Waals surface area contributed by atoms with E-state index >= 15 is 0 Å². The zero-order valence-corrected chi connectivity index (χ0v) is 15.7. The number of Topliss-reactive ketones (excluding diaryl/α,β-unsaturated/α-hetero) is 1. The normalized spacial score (nSPS) is 12.9. The fourth-order valence-corrected chi connectivity index (χ4v) is 2.26. The smallest absolute Gasteiger partial charge is 0.343 e. The summed E-state index contributed by atoms with van der Waals surface area (Å²) in [6, 6.07) is 1.10. The molecule has 0 saturated carbocycles. The first-order chi connectivity index (χ1) is 11.7. The molecule has 0 aliphatic carbocycles. The maximum Gasteiger partial charge on any atom is 0.343 e. The summed E-state index contributed by atoms with van der Waals surface area (Å²) < 4.78 is 32.0. The maximum absolute atomic E-state index is 14.0. The Morgan fingerprint density at radius 1 is 1.32 bits per heavy atom. The first-order valence-corrected chi connectivity index (χ1v) is 8.45. The van der Waals surface area contributed by atoms with Crippen LogP contribution >= 0.6 is 15.9 Å². The van der Waals surface area contributed by atoms with Crippen molar-refractivity contribution in [3.63, 3.8) is 0 Å². The number of benzene rings is 1. The van der Waals surface area contributed by atoms with Crippen molar-refractivity contribution in [3.05, 3.63) is 45.6 Å². The maximum atomic E-state index is 14.0. The molecule has 0 aliphatic rings. The molecule has 1 rings (SSSR count). The Labute approximate surface area is 153 Å². The molecule has 1 unspecified atom stereocenters. The summed E-state index contributed by atoms with van der Waals surface area (Å²) in [5.74, 6) is -3.85. The minimum atomic E-state index is -1.09. The first kappa shape index (κ1) is 21.2. The lowest BCUT2D eigenvalue weighted by Crippen LogP contribution is -2.34. The van der Waals surface area contributed by atoms with Gasteiger partial charge >= 0.3 is 5.97 Å². The molecule has 0 amide bonds. The van der Waals surface area contributed by atoms with Gasteiger partial charge in [-0.15, -0.1) is 0 Å². The number of esters is 1. The molecule has 8 heteroatoms. The Bertz CT molecular complexity index is 677. The van der Waals surface area contributed by atoms with Gasteiger partial charge in [0.2, 0.25) is 5.78 Å². The second-order valence-corrected chi connectivity index (χ2v) is 6.41. The highest BCUT2D eigenvalue weighted by Gasteiger charge is 2.25. The van der Waals surface area contributed by atoms with Gasteiger partial charge in [-0.1, -0.05) is 13.8 Å². The molecule has 0 aromatic heterocycles. The lowest BCUT2D eigenvalue weighted by atomic mass is 10.0. The Hall–Kier alpha value is -1.80. The molecule has 0 fully saturated rings. The highest BCUT2D eigenvalue weighted by atomic mass is 79.9. The number of ketones is 1. The summed E-state index contributed by atoms with van der Waals surface area (Å²) in [4.78, 5) is 24.6. The van der Waals surface area contributed by atoms with Gasteiger partial charge in [0.25, 0.3) is 0 Å². The van der Waals surface area contributed by atoms with Crippen LogP contribution in [0.1, 0.15) is 31.1 Å². The monoisotopic (exact) mass is 419 g/mol. The van der Waals surface area contributed by atoms with Crippen LogP contribution in [-0.2, 0) is 9.53 Å². The number of halogens is 3. The van der Waals surface area contributed by atoms with Gasteiger partial charge in [0.1, 0.15) is 17.2 Å². The Morgan fingerprint density at radius 2 is 1.96 bits per heavy atom. The standard InChI is InChI=1S/C17H20BrF2NO4/c1-4-25-17(24)11(7-21-15(8-22)9(2)3)16(23)10-5-12(18)14(20)6-13(10)19/h5-7,9,15,21-22H,4,8H2,1-3H3. The minimum Gasteiger partial charge on any atom is -0.462 e. The quantitative estimate of drug-likeness (QED) is 0.169. The van der Waals surface area contributed by atoms with Crippen LogP contribution < -0.4 is 5.32 Å². The number of carbonyl (C=O) groups excluding carboxylic acids is 2. The lowest BCUT2D eigenvalue weighted by molar-refractivity contribution is -0.138. The summed E-state index contributed by atoms with van der Waals surface area (Å²) in [5, 5.41) is 12.1. The Morgan fingerprint density at radius 3 is 2.48 bits per heavy atom. The van der Waals surface area contributed by atoms with Crippen molar-refractivity contribution < 1.29 is 28.2 Å². The van der Waals surface area contributed by atoms with Gasteiger partial charge in [-0.25, -0.2) is 13.6 Å². The summed E-state index contributed by atoms with van der Waals surface area (Å²) in [6.07, 6.45) is 1.10. The average Bonchev–Trinajstić information content (AvgIpc) is 2.54. The molecule has 138 valence electrons. The van der Waals surface area contributed by atoms with E-state index in [-0.39, 0.29) is 23.6 Å². The van der Waals surface area contributed by atoms with E-state index in [1.807, 2.05) is 13.8 Å². The van der Waals surface area contributed by atoms with Crippen molar-refractivity contribution in [2.75, 3.05) is 13.2 Å². The number of hydrogen-bond acceptors (Lipinski definition) is 5. The van der Waals surface area contributed by atoms with Gasteiger partial charge in [-0.3, -0.25) is 4.79 Å². The van der Waals surface area contributed by atoms with E-state index in [1.54, 1.807) is 6.92 Å². The number of hydrogen-bond donors (Lipinski definition) is 2. The molecule has 0 heterocycles. The number of aliphatic hydroxyl groups excluding tert-OH is 1. The van der Waals surface area contributed by atoms with Crippen molar-refractivity contribution in [3.8, 4) is 0 Å². The van der Waals surface area contributed by atoms with Crippen LogP contribution in [0.25, 0.3) is 0 Å². The predicted molar refractivity (Wildman–Crippen MR) is 92.0 cm³/mol. The molecule has 25 heavy (non-hydrogen) atoms. The lowest BCUT2D eigenvalue weighted by Gasteiger charge is -2.19. The summed E-state index contributed by atoms with van der Waals surface area (Å²) in [6.45, 7) is 5.03. The number of carbonyl (C=O) groups is 2.